The van der Waals surface area contributed by atoms with E-state index in [0.29, 0.717) is 25.9 Å². The molecule has 3 heterocycles. The summed E-state index contributed by atoms with van der Waals surface area (Å²) in [7, 11) is -6.10. The number of ether oxygens (including phenoxy) is 1. The van der Waals surface area contributed by atoms with Gasteiger partial charge in [0.2, 0.25) is 5.88 Å². The van der Waals surface area contributed by atoms with Crippen LogP contribution in [0.15, 0.2) is 0 Å². The van der Waals surface area contributed by atoms with Gasteiger partial charge in [0, 0.05) is 19.0 Å². The molecule has 2 aliphatic carbocycles. The molecule has 192 valence electrons. The number of alkyl halides is 3. The van der Waals surface area contributed by atoms with E-state index in [1.54, 1.807) is 20.8 Å². The lowest BCUT2D eigenvalue weighted by atomic mass is 10.1. The van der Waals surface area contributed by atoms with Crippen LogP contribution in [-0.4, -0.2) is 58.4 Å². The van der Waals surface area contributed by atoms with Crippen LogP contribution in [0, 0.1) is 17.7 Å². The third-order valence-corrected chi connectivity index (χ3v) is 7.46. The molecular formula is C20H21ClF4N4O5S. The maximum absolute atomic E-state index is 15.1. The number of carbonyl (C=O) groups excluding carboxylic acids is 1. The first-order valence-corrected chi connectivity index (χ1v) is 12.6. The summed E-state index contributed by atoms with van der Waals surface area (Å²) in [5.74, 6) is -2.57. The molecule has 1 unspecified atom stereocenters. The summed E-state index contributed by atoms with van der Waals surface area (Å²) in [5, 5.41) is 3.38. The molecule has 0 N–H and O–H groups in total. The smallest absolute Gasteiger partial charge is 0.444 e. The van der Waals surface area contributed by atoms with Crippen LogP contribution in [0.5, 0.6) is 5.88 Å². The van der Waals surface area contributed by atoms with E-state index in [0.717, 1.165) is 0 Å². The van der Waals surface area contributed by atoms with Crippen molar-refractivity contribution in [1.29, 1.82) is 0 Å². The number of aromatic nitrogens is 3. The van der Waals surface area contributed by atoms with Crippen LogP contribution in [0.25, 0.3) is 10.9 Å². The summed E-state index contributed by atoms with van der Waals surface area (Å²) >= 11 is 5.80. The monoisotopic (exact) mass is 540 g/mol. The van der Waals surface area contributed by atoms with Gasteiger partial charge in [0.15, 0.2) is 11.0 Å². The van der Waals surface area contributed by atoms with Crippen LogP contribution < -0.4 is 4.18 Å². The zero-order valence-electron chi connectivity index (χ0n) is 18.8. The van der Waals surface area contributed by atoms with Crippen LogP contribution in [-0.2, 0) is 14.9 Å². The van der Waals surface area contributed by atoms with Gasteiger partial charge in [0.05, 0.1) is 17.1 Å². The van der Waals surface area contributed by atoms with Crippen molar-refractivity contribution < 1.29 is 39.7 Å². The third kappa shape index (κ3) is 4.17. The summed E-state index contributed by atoms with van der Waals surface area (Å²) in [6.45, 7) is 5.84. The van der Waals surface area contributed by atoms with E-state index >= 15 is 4.39 Å². The Morgan fingerprint density at radius 3 is 2.26 bits per heavy atom. The van der Waals surface area contributed by atoms with Gasteiger partial charge in [-0.25, -0.2) is 9.18 Å². The Bertz CT molecular complexity index is 1320. The van der Waals surface area contributed by atoms with Gasteiger partial charge in [-0.3, -0.25) is 4.68 Å². The predicted octanol–water partition coefficient (Wildman–Crippen LogP) is 4.37. The molecule has 3 fully saturated rings. The van der Waals surface area contributed by atoms with E-state index in [2.05, 4.69) is 14.3 Å². The van der Waals surface area contributed by atoms with Gasteiger partial charge in [0.1, 0.15) is 11.1 Å². The van der Waals surface area contributed by atoms with Crippen molar-refractivity contribution in [2.45, 2.75) is 56.7 Å². The van der Waals surface area contributed by atoms with E-state index in [1.165, 1.54) is 9.58 Å². The molecule has 35 heavy (non-hydrogen) atoms. The Kier molecular flexibility index (Phi) is 5.27. The van der Waals surface area contributed by atoms with Gasteiger partial charge in [-0.2, -0.15) is 31.7 Å². The van der Waals surface area contributed by atoms with Crippen molar-refractivity contribution >= 4 is 38.7 Å². The van der Waals surface area contributed by atoms with Crippen molar-refractivity contribution in [1.82, 2.24) is 19.7 Å². The fourth-order valence-electron chi connectivity index (χ4n) is 4.60. The third-order valence-electron chi connectivity index (χ3n) is 6.27. The Labute approximate surface area is 202 Å². The number of rotatable bonds is 4. The molecule has 15 heteroatoms. The highest BCUT2D eigenvalue weighted by molar-refractivity contribution is 7.88. The minimum Gasteiger partial charge on any atom is -0.444 e. The molecule has 3 aliphatic rings. The van der Waals surface area contributed by atoms with Gasteiger partial charge in [0.25, 0.3) is 0 Å². The molecule has 0 bridgehead atoms. The van der Waals surface area contributed by atoms with Crippen molar-refractivity contribution in [2.24, 2.45) is 11.8 Å². The summed E-state index contributed by atoms with van der Waals surface area (Å²) < 4.78 is 88.6. The molecule has 5 rings (SSSR count). The first kappa shape index (κ1) is 24.3. The first-order chi connectivity index (χ1) is 16.1. The molecule has 2 saturated carbocycles. The molecule has 1 saturated heterocycles. The standard InChI is InChI=1S/C20H21ClF4N4O5S/c1-19(2,3)33-18(30)28-6-9-10(7-28)11(9)14-12-15(29(27-14)8-4-5-8)13(22)16(21)26-17(12)34-35(31,32)20(23,24)25/h8-11H,4-7H2,1-3H3/t9-,10+,11?. The Morgan fingerprint density at radius 1 is 1.14 bits per heavy atom. The number of pyridine rings is 1. The quantitative estimate of drug-likeness (QED) is 0.245. The average molecular weight is 541 g/mol. The van der Waals surface area contributed by atoms with Gasteiger partial charge < -0.3 is 13.8 Å². The second-order valence-corrected chi connectivity index (χ2v) is 11.9. The van der Waals surface area contributed by atoms with Crippen LogP contribution in [0.4, 0.5) is 22.4 Å². The normalized spacial score (nSPS) is 24.6. The summed E-state index contributed by atoms with van der Waals surface area (Å²) in [6, 6.07) is -0.205. The fraction of sp³-hybridized carbons (Fsp3) is 0.650. The molecular weight excluding hydrogens is 520 g/mol. The van der Waals surface area contributed by atoms with E-state index in [9.17, 15) is 26.4 Å². The van der Waals surface area contributed by atoms with Crippen LogP contribution in [0.2, 0.25) is 5.15 Å². The Hall–Kier alpha value is -2.35. The summed E-state index contributed by atoms with van der Waals surface area (Å²) in [6.07, 6.45) is 0.837. The maximum atomic E-state index is 15.1. The van der Waals surface area contributed by atoms with Crippen molar-refractivity contribution in [2.75, 3.05) is 13.1 Å². The second-order valence-electron chi connectivity index (χ2n) is 10.0. The average Bonchev–Trinajstić information content (AvgIpc) is 3.58. The lowest BCUT2D eigenvalue weighted by Gasteiger charge is -2.25. The van der Waals surface area contributed by atoms with Crippen LogP contribution in [0.3, 0.4) is 0 Å². The minimum absolute atomic E-state index is 0.112. The zero-order chi connectivity index (χ0) is 25.7. The molecule has 0 aromatic carbocycles. The molecule has 0 spiro atoms. The van der Waals surface area contributed by atoms with E-state index in [4.69, 9.17) is 16.3 Å². The molecule has 0 radical (unpaired) electrons. The maximum Gasteiger partial charge on any atom is 0.534 e. The topological polar surface area (TPSA) is 104 Å². The number of hydrogen-bond acceptors (Lipinski definition) is 7. The molecule has 1 aliphatic heterocycles. The van der Waals surface area contributed by atoms with E-state index in [1.807, 2.05) is 0 Å². The minimum atomic E-state index is -6.10. The second kappa shape index (κ2) is 7.58. The number of nitrogens with zero attached hydrogens (tertiary/aromatic N) is 4. The van der Waals surface area contributed by atoms with Crippen molar-refractivity contribution in [3.63, 3.8) is 0 Å². The number of fused-ring (bicyclic) bond motifs is 2. The van der Waals surface area contributed by atoms with Crippen LogP contribution in [0.1, 0.15) is 51.3 Å². The largest absolute Gasteiger partial charge is 0.534 e. The summed E-state index contributed by atoms with van der Waals surface area (Å²) in [4.78, 5) is 17.4. The number of piperidine rings is 1. The van der Waals surface area contributed by atoms with Crippen molar-refractivity contribution in [3.8, 4) is 5.88 Å². The van der Waals surface area contributed by atoms with E-state index < -0.39 is 44.2 Å². The number of likely N-dealkylation sites (tertiary alicyclic amines) is 1. The van der Waals surface area contributed by atoms with E-state index in [-0.39, 0.29) is 40.4 Å². The lowest BCUT2D eigenvalue weighted by Crippen LogP contribution is -2.36. The molecule has 9 nitrogen and oxygen atoms in total. The van der Waals surface area contributed by atoms with Crippen molar-refractivity contribution in [3.05, 3.63) is 16.7 Å². The van der Waals surface area contributed by atoms with Gasteiger partial charge in [-0.1, -0.05) is 11.6 Å². The Morgan fingerprint density at radius 2 is 1.74 bits per heavy atom. The summed E-state index contributed by atoms with van der Waals surface area (Å²) in [5.41, 5.74) is -6.47. The molecule has 2 aromatic rings. The number of carbonyl (C=O) groups is 1. The molecule has 3 atom stereocenters. The highest BCUT2D eigenvalue weighted by atomic mass is 35.5. The molecule has 1 amide bonds. The first-order valence-electron chi connectivity index (χ1n) is 10.8. The SMILES string of the molecule is CC(C)(C)OC(=O)N1C[C@@H]2C(c3nn(C4CC4)c4c(F)c(Cl)nc(OS(=O)(=O)C(F)(F)F)c34)[C@@H]2C1. The highest BCUT2D eigenvalue weighted by Crippen LogP contribution is 2.60. The zero-order valence-corrected chi connectivity index (χ0v) is 20.3. The number of amides is 1. The lowest BCUT2D eigenvalue weighted by molar-refractivity contribution is -0.0500. The van der Waals surface area contributed by atoms with Crippen LogP contribution >= 0.6 is 11.6 Å². The predicted molar refractivity (Wildman–Crippen MR) is 114 cm³/mol. The van der Waals surface area contributed by atoms with Gasteiger partial charge in [-0.15, -0.1) is 0 Å². The van der Waals surface area contributed by atoms with Gasteiger partial charge >= 0.3 is 21.7 Å². The highest BCUT2D eigenvalue weighted by Gasteiger charge is 2.60. The fourth-order valence-corrected chi connectivity index (χ4v) is 5.19. The number of hydrogen-bond donors (Lipinski definition) is 0. The van der Waals surface area contributed by atoms with Gasteiger partial charge in [-0.05, 0) is 45.4 Å². The Balaban J connectivity index is 1.53. The number of halogens is 5. The molecule has 2 aromatic heterocycles.